The molecule has 25 heavy (non-hydrogen) atoms. The molecule has 0 bridgehead atoms. The molecule has 6 heteroatoms. The van der Waals surface area contributed by atoms with Crippen LogP contribution in [-0.4, -0.2) is 39.2 Å². The van der Waals surface area contributed by atoms with Crippen LogP contribution in [0.2, 0.25) is 0 Å². The van der Waals surface area contributed by atoms with Gasteiger partial charge in [0.25, 0.3) is 0 Å². The van der Waals surface area contributed by atoms with Crippen LogP contribution in [0.3, 0.4) is 0 Å². The lowest BCUT2D eigenvalue weighted by molar-refractivity contribution is -0.130. The zero-order valence-corrected chi connectivity index (χ0v) is 14.6. The van der Waals surface area contributed by atoms with E-state index in [1.165, 1.54) is 12.1 Å². The highest BCUT2D eigenvalue weighted by atomic mass is 19.1. The van der Waals surface area contributed by atoms with E-state index in [1.807, 2.05) is 18.0 Å². The lowest BCUT2D eigenvalue weighted by atomic mass is 10.1. The molecular formula is C19H23FN4O. The number of benzene rings is 1. The Kier molecular flexibility index (Phi) is 4.07. The highest BCUT2D eigenvalue weighted by Gasteiger charge is 2.40. The van der Waals surface area contributed by atoms with E-state index in [2.05, 4.69) is 17.3 Å². The Morgan fingerprint density at radius 3 is 2.64 bits per heavy atom. The summed E-state index contributed by atoms with van der Waals surface area (Å²) in [7, 11) is 0. The molecule has 1 N–H and O–H groups in total. The molecule has 2 aromatic rings. The molecule has 4 rings (SSSR count). The zero-order valence-electron chi connectivity index (χ0n) is 14.6. The Bertz CT molecular complexity index is 781. The largest absolute Gasteiger partial charge is 0.338 e. The van der Waals surface area contributed by atoms with E-state index in [0.29, 0.717) is 6.04 Å². The first-order valence-corrected chi connectivity index (χ1v) is 8.91. The number of likely N-dealkylation sites (tertiary alicyclic amines) is 1. The number of amides is 1. The van der Waals surface area contributed by atoms with Gasteiger partial charge in [0, 0.05) is 29.9 Å². The molecule has 132 valence electrons. The zero-order chi connectivity index (χ0) is 17.6. The van der Waals surface area contributed by atoms with Gasteiger partial charge in [0.05, 0.1) is 17.9 Å². The van der Waals surface area contributed by atoms with E-state index in [-0.39, 0.29) is 23.8 Å². The molecule has 1 saturated heterocycles. The van der Waals surface area contributed by atoms with Crippen molar-refractivity contribution in [2.24, 2.45) is 0 Å². The smallest absolute Gasteiger partial charge is 0.240 e. The summed E-state index contributed by atoms with van der Waals surface area (Å²) < 4.78 is 14.9. The van der Waals surface area contributed by atoms with Gasteiger partial charge in [0.1, 0.15) is 5.82 Å². The third kappa shape index (κ3) is 3.06. The van der Waals surface area contributed by atoms with Gasteiger partial charge >= 0.3 is 0 Å². The number of nitrogens with one attached hydrogen (secondary N) is 1. The van der Waals surface area contributed by atoms with E-state index in [9.17, 15) is 9.18 Å². The fourth-order valence-electron chi connectivity index (χ4n) is 3.69. The highest BCUT2D eigenvalue weighted by molar-refractivity contribution is 5.84. The number of hydrogen-bond donors (Lipinski definition) is 1. The second kappa shape index (κ2) is 6.26. The number of hydrogen-bond acceptors (Lipinski definition) is 3. The summed E-state index contributed by atoms with van der Waals surface area (Å²) in [5.74, 6) is -0.0262. The van der Waals surface area contributed by atoms with E-state index < -0.39 is 0 Å². The van der Waals surface area contributed by atoms with Gasteiger partial charge in [-0.15, -0.1) is 0 Å². The van der Waals surface area contributed by atoms with Gasteiger partial charge in [-0.05, 0) is 57.4 Å². The molecular weight excluding hydrogens is 319 g/mol. The van der Waals surface area contributed by atoms with Crippen LogP contribution in [0.25, 0.3) is 5.69 Å². The molecule has 0 radical (unpaired) electrons. The molecule has 2 atom stereocenters. The number of rotatable bonds is 5. The average molecular weight is 342 g/mol. The topological polar surface area (TPSA) is 50.2 Å². The molecule has 1 saturated carbocycles. The van der Waals surface area contributed by atoms with Crippen molar-refractivity contribution in [3.63, 3.8) is 0 Å². The van der Waals surface area contributed by atoms with Crippen LogP contribution in [0.5, 0.6) is 0 Å². The number of carbonyl (C=O) groups is 1. The lowest BCUT2D eigenvalue weighted by Crippen LogP contribution is -2.40. The van der Waals surface area contributed by atoms with Crippen molar-refractivity contribution >= 4 is 5.91 Å². The Labute approximate surface area is 146 Å². The Balaban J connectivity index is 1.48. The lowest BCUT2D eigenvalue weighted by Gasteiger charge is -2.20. The number of aromatic nitrogens is 2. The predicted molar refractivity (Wildman–Crippen MR) is 92.9 cm³/mol. The fraction of sp³-hybridized carbons (Fsp3) is 0.474. The number of carbonyl (C=O) groups excluding carboxylic acids is 1. The fourth-order valence-corrected chi connectivity index (χ4v) is 3.69. The van der Waals surface area contributed by atoms with Crippen LogP contribution < -0.4 is 5.32 Å². The van der Waals surface area contributed by atoms with E-state index in [4.69, 9.17) is 0 Å². The predicted octanol–water partition coefficient (Wildman–Crippen LogP) is 2.73. The van der Waals surface area contributed by atoms with Gasteiger partial charge < -0.3 is 4.90 Å². The van der Waals surface area contributed by atoms with Crippen molar-refractivity contribution in [1.82, 2.24) is 20.0 Å². The summed E-state index contributed by atoms with van der Waals surface area (Å²) in [4.78, 5) is 14.5. The van der Waals surface area contributed by atoms with Crippen molar-refractivity contribution in [2.45, 2.75) is 51.2 Å². The Morgan fingerprint density at radius 2 is 1.96 bits per heavy atom. The first kappa shape index (κ1) is 16.3. The molecule has 2 heterocycles. The molecule has 1 aliphatic heterocycles. The van der Waals surface area contributed by atoms with E-state index in [1.54, 1.807) is 16.8 Å². The molecule has 1 aromatic heterocycles. The van der Waals surface area contributed by atoms with Gasteiger partial charge in [0.15, 0.2) is 0 Å². The van der Waals surface area contributed by atoms with Crippen molar-refractivity contribution in [3.8, 4) is 5.69 Å². The first-order chi connectivity index (χ1) is 12.0. The van der Waals surface area contributed by atoms with Crippen LogP contribution in [0.1, 0.15) is 43.5 Å². The third-order valence-electron chi connectivity index (χ3n) is 5.26. The normalized spacial score (nSPS) is 21.8. The number of nitrogens with zero attached hydrogens (tertiary/aromatic N) is 3. The molecule has 1 amide bonds. The quantitative estimate of drug-likeness (QED) is 0.909. The second-order valence-corrected chi connectivity index (χ2v) is 7.07. The molecule has 2 fully saturated rings. The summed E-state index contributed by atoms with van der Waals surface area (Å²) in [6, 6.07) is 6.70. The summed E-state index contributed by atoms with van der Waals surface area (Å²) in [5, 5.41) is 7.91. The summed E-state index contributed by atoms with van der Waals surface area (Å²) in [6.07, 6.45) is 4.99. The van der Waals surface area contributed by atoms with E-state index >= 15 is 0 Å². The molecule has 2 aliphatic rings. The molecule has 5 nitrogen and oxygen atoms in total. The van der Waals surface area contributed by atoms with Crippen molar-refractivity contribution in [3.05, 3.63) is 47.5 Å². The van der Waals surface area contributed by atoms with Crippen LogP contribution in [-0.2, 0) is 4.79 Å². The van der Waals surface area contributed by atoms with Crippen LogP contribution in [0, 0.1) is 12.7 Å². The average Bonchev–Trinajstić information content (AvgIpc) is 3.28. The van der Waals surface area contributed by atoms with Crippen molar-refractivity contribution < 1.29 is 9.18 Å². The number of halogens is 1. The third-order valence-corrected chi connectivity index (χ3v) is 5.26. The molecule has 0 spiro atoms. The summed E-state index contributed by atoms with van der Waals surface area (Å²) in [6.45, 7) is 4.92. The maximum atomic E-state index is 13.1. The SMILES string of the molecule is Cc1c([C@H](C)N[C@H]2CCN(C3CC3)C2=O)cnn1-c1ccc(F)cc1. The van der Waals surface area contributed by atoms with E-state index in [0.717, 1.165) is 42.8 Å². The molecule has 0 unspecified atom stereocenters. The van der Waals surface area contributed by atoms with Gasteiger partial charge in [-0.2, -0.15) is 5.10 Å². The first-order valence-electron chi connectivity index (χ1n) is 8.91. The molecule has 1 aromatic carbocycles. The van der Waals surface area contributed by atoms with Crippen LogP contribution in [0.15, 0.2) is 30.5 Å². The standard InChI is InChI=1S/C19H23FN4O/c1-12(22-18-9-10-23(19(18)25)15-7-8-15)17-11-21-24(13(17)2)16-5-3-14(20)4-6-16/h3-6,11-12,15,18,22H,7-10H2,1-2H3/t12-,18-/m0/s1. The van der Waals surface area contributed by atoms with Gasteiger partial charge in [-0.25, -0.2) is 9.07 Å². The summed E-state index contributed by atoms with van der Waals surface area (Å²) in [5.41, 5.74) is 2.88. The minimum atomic E-state index is -0.260. The second-order valence-electron chi connectivity index (χ2n) is 7.07. The minimum Gasteiger partial charge on any atom is -0.338 e. The van der Waals surface area contributed by atoms with Crippen molar-refractivity contribution in [1.29, 1.82) is 0 Å². The maximum absolute atomic E-state index is 13.1. The minimum absolute atomic E-state index is 0.0299. The summed E-state index contributed by atoms with van der Waals surface area (Å²) >= 11 is 0. The Hall–Kier alpha value is -2.21. The monoisotopic (exact) mass is 342 g/mol. The van der Waals surface area contributed by atoms with Gasteiger partial charge in [-0.3, -0.25) is 10.1 Å². The van der Waals surface area contributed by atoms with Gasteiger partial charge in [-0.1, -0.05) is 0 Å². The van der Waals surface area contributed by atoms with Crippen LogP contribution in [0.4, 0.5) is 4.39 Å². The molecule has 1 aliphatic carbocycles. The Morgan fingerprint density at radius 1 is 1.24 bits per heavy atom. The van der Waals surface area contributed by atoms with Crippen LogP contribution >= 0.6 is 0 Å². The van der Waals surface area contributed by atoms with Crippen molar-refractivity contribution in [2.75, 3.05) is 6.54 Å². The maximum Gasteiger partial charge on any atom is 0.240 e. The van der Waals surface area contributed by atoms with Gasteiger partial charge in [0.2, 0.25) is 5.91 Å². The highest BCUT2D eigenvalue weighted by Crippen LogP contribution is 2.31.